The number of nitrogens with zero attached hydrogens (tertiary/aromatic N) is 1. The summed E-state index contributed by atoms with van der Waals surface area (Å²) >= 11 is 0. The van der Waals surface area contributed by atoms with Crippen molar-refractivity contribution in [3.63, 3.8) is 0 Å². The molecule has 1 fully saturated rings. The molecule has 0 unspecified atom stereocenters. The average molecular weight is 390 g/mol. The van der Waals surface area contributed by atoms with E-state index in [1.54, 1.807) is 0 Å². The van der Waals surface area contributed by atoms with Crippen molar-refractivity contribution >= 4 is 22.3 Å². The molecular weight excluding hydrogens is 358 g/mol. The molecule has 1 aromatic heterocycles. The number of pyridine rings is 1. The van der Waals surface area contributed by atoms with Gasteiger partial charge in [0.15, 0.2) is 0 Å². The Morgan fingerprint density at radius 2 is 1.66 bits per heavy atom. The van der Waals surface area contributed by atoms with Crippen LogP contribution in [0.3, 0.4) is 0 Å². The van der Waals surface area contributed by atoms with Crippen molar-refractivity contribution in [2.45, 2.75) is 40.7 Å². The van der Waals surface area contributed by atoms with Crippen molar-refractivity contribution in [3.8, 4) is 0 Å². The molecule has 0 bridgehead atoms. The largest absolute Gasteiger partial charge is 0.381 e. The van der Waals surface area contributed by atoms with Gasteiger partial charge in [-0.15, -0.1) is 0 Å². The van der Waals surface area contributed by atoms with Gasteiger partial charge < -0.3 is 15.2 Å². The lowest BCUT2D eigenvalue weighted by Gasteiger charge is -2.36. The van der Waals surface area contributed by atoms with E-state index in [0.717, 1.165) is 52.6 Å². The van der Waals surface area contributed by atoms with E-state index in [4.69, 9.17) is 0 Å². The molecule has 1 aliphatic rings. The van der Waals surface area contributed by atoms with Gasteiger partial charge in [-0.2, -0.15) is 0 Å². The Morgan fingerprint density at radius 3 is 2.34 bits per heavy atom. The average Bonchev–Trinajstić information content (AvgIpc) is 2.69. The topological polar surface area (TPSA) is 48.1 Å². The van der Waals surface area contributed by atoms with Crippen LogP contribution in [0.15, 0.2) is 47.3 Å². The molecule has 2 heterocycles. The Balaban J connectivity index is 1.49. The highest BCUT2D eigenvalue weighted by Crippen LogP contribution is 2.27. The smallest absolute Gasteiger partial charge is 0.253 e. The molecule has 1 saturated heterocycles. The van der Waals surface area contributed by atoms with E-state index in [9.17, 15) is 4.79 Å². The summed E-state index contributed by atoms with van der Waals surface area (Å²) in [6.07, 6.45) is 1.31. The van der Waals surface area contributed by atoms with Crippen LogP contribution in [0.1, 0.15) is 37.0 Å². The lowest BCUT2D eigenvalue weighted by Crippen LogP contribution is -2.38. The number of piperidine rings is 1. The van der Waals surface area contributed by atoms with E-state index >= 15 is 0 Å². The number of aromatic amines is 1. The third-order valence-electron chi connectivity index (χ3n) is 6.10. The van der Waals surface area contributed by atoms with Gasteiger partial charge in [0.05, 0.1) is 5.52 Å². The standard InChI is InChI=1S/C25H31N3O/c1-16-11-17(2)15-28(14-16)22-9-7-21(8-10-22)26-13-20-12-23-18(3)5-6-19(4)24(23)27-25(20)29/h5-10,12,16-17,26H,11,13-15H2,1-4H3,(H,27,29)/t16-,17-/m0/s1. The number of rotatable bonds is 4. The second kappa shape index (κ2) is 7.94. The summed E-state index contributed by atoms with van der Waals surface area (Å²) in [4.78, 5) is 18.1. The van der Waals surface area contributed by atoms with Gasteiger partial charge >= 0.3 is 0 Å². The number of anilines is 2. The van der Waals surface area contributed by atoms with Crippen LogP contribution in [0.4, 0.5) is 11.4 Å². The number of aryl methyl sites for hydroxylation is 2. The molecule has 152 valence electrons. The molecule has 4 heteroatoms. The number of nitrogens with one attached hydrogen (secondary N) is 2. The summed E-state index contributed by atoms with van der Waals surface area (Å²) in [5.74, 6) is 1.48. The number of hydrogen-bond acceptors (Lipinski definition) is 3. The zero-order valence-electron chi connectivity index (χ0n) is 17.9. The van der Waals surface area contributed by atoms with Crippen LogP contribution in [-0.2, 0) is 6.54 Å². The lowest BCUT2D eigenvalue weighted by atomic mass is 9.91. The second-order valence-corrected chi connectivity index (χ2v) is 8.86. The van der Waals surface area contributed by atoms with Gasteiger partial charge in [-0.3, -0.25) is 4.79 Å². The number of fused-ring (bicyclic) bond motifs is 1. The first-order chi connectivity index (χ1) is 13.9. The molecule has 0 amide bonds. The fourth-order valence-electron chi connectivity index (χ4n) is 4.61. The van der Waals surface area contributed by atoms with Crippen molar-refractivity contribution in [1.29, 1.82) is 0 Å². The minimum atomic E-state index is -0.0217. The van der Waals surface area contributed by atoms with Crippen molar-refractivity contribution in [1.82, 2.24) is 4.98 Å². The number of H-pyrrole nitrogens is 1. The number of hydrogen-bond donors (Lipinski definition) is 2. The van der Waals surface area contributed by atoms with Gasteiger partial charge in [0.2, 0.25) is 0 Å². The Kier molecular flexibility index (Phi) is 5.35. The Labute approximate surface area is 173 Å². The van der Waals surface area contributed by atoms with E-state index in [-0.39, 0.29) is 5.56 Å². The Hall–Kier alpha value is -2.75. The molecule has 0 spiro atoms. The van der Waals surface area contributed by atoms with Gasteiger partial charge in [0, 0.05) is 42.0 Å². The quantitative estimate of drug-likeness (QED) is 0.641. The molecule has 0 saturated carbocycles. The van der Waals surface area contributed by atoms with E-state index in [2.05, 4.69) is 72.4 Å². The van der Waals surface area contributed by atoms with Gasteiger partial charge in [0.25, 0.3) is 5.56 Å². The Morgan fingerprint density at radius 1 is 1.00 bits per heavy atom. The van der Waals surface area contributed by atoms with Crippen LogP contribution in [0.5, 0.6) is 0 Å². The number of aromatic nitrogens is 1. The fraction of sp³-hybridized carbons (Fsp3) is 0.400. The molecule has 2 N–H and O–H groups in total. The van der Waals surface area contributed by atoms with Crippen molar-refractivity contribution < 1.29 is 0 Å². The SMILES string of the molecule is Cc1ccc(C)c2[nH]c(=O)c(CNc3ccc(N4C[C@@H](C)C[C@H](C)C4)cc3)cc12. The first kappa shape index (κ1) is 19.6. The van der Waals surface area contributed by atoms with Crippen molar-refractivity contribution in [3.05, 3.63) is 69.5 Å². The van der Waals surface area contributed by atoms with Crippen LogP contribution >= 0.6 is 0 Å². The maximum absolute atomic E-state index is 12.5. The summed E-state index contributed by atoms with van der Waals surface area (Å²) in [6.45, 7) is 11.5. The molecular formula is C25H31N3O. The van der Waals surface area contributed by atoms with Crippen LogP contribution < -0.4 is 15.8 Å². The molecule has 2 aromatic carbocycles. The highest BCUT2D eigenvalue weighted by atomic mass is 16.1. The molecule has 4 rings (SSSR count). The first-order valence-electron chi connectivity index (χ1n) is 10.6. The molecule has 4 nitrogen and oxygen atoms in total. The highest BCUT2D eigenvalue weighted by Gasteiger charge is 2.21. The fourth-order valence-corrected chi connectivity index (χ4v) is 4.61. The Bertz CT molecular complexity index is 1060. The zero-order valence-corrected chi connectivity index (χ0v) is 17.9. The second-order valence-electron chi connectivity index (χ2n) is 8.86. The van der Waals surface area contributed by atoms with E-state index in [0.29, 0.717) is 6.54 Å². The molecule has 29 heavy (non-hydrogen) atoms. The predicted octanol–water partition coefficient (Wildman–Crippen LogP) is 5.24. The monoisotopic (exact) mass is 389 g/mol. The highest BCUT2D eigenvalue weighted by molar-refractivity contribution is 5.85. The van der Waals surface area contributed by atoms with Crippen molar-refractivity contribution in [2.24, 2.45) is 11.8 Å². The van der Waals surface area contributed by atoms with Gasteiger partial charge in [-0.05, 0) is 73.6 Å². The summed E-state index contributed by atoms with van der Waals surface area (Å²) in [5, 5.41) is 4.53. The summed E-state index contributed by atoms with van der Waals surface area (Å²) < 4.78 is 0. The summed E-state index contributed by atoms with van der Waals surface area (Å²) in [6, 6.07) is 14.8. The normalized spacial score (nSPS) is 19.5. The summed E-state index contributed by atoms with van der Waals surface area (Å²) in [7, 11) is 0. The predicted molar refractivity (Wildman–Crippen MR) is 123 cm³/mol. The molecule has 2 atom stereocenters. The minimum Gasteiger partial charge on any atom is -0.381 e. The molecule has 0 radical (unpaired) electrons. The zero-order chi connectivity index (χ0) is 20.5. The van der Waals surface area contributed by atoms with Crippen LogP contribution in [0.25, 0.3) is 10.9 Å². The van der Waals surface area contributed by atoms with Gasteiger partial charge in [-0.25, -0.2) is 0 Å². The third kappa shape index (κ3) is 4.16. The van der Waals surface area contributed by atoms with Gasteiger partial charge in [0.1, 0.15) is 0 Å². The third-order valence-corrected chi connectivity index (χ3v) is 6.10. The number of benzene rings is 2. The van der Waals surface area contributed by atoms with E-state index < -0.39 is 0 Å². The first-order valence-corrected chi connectivity index (χ1v) is 10.6. The van der Waals surface area contributed by atoms with Crippen molar-refractivity contribution in [2.75, 3.05) is 23.3 Å². The van der Waals surface area contributed by atoms with Crippen LogP contribution in [0, 0.1) is 25.7 Å². The van der Waals surface area contributed by atoms with E-state index in [1.807, 2.05) is 13.0 Å². The van der Waals surface area contributed by atoms with E-state index in [1.165, 1.54) is 17.7 Å². The van der Waals surface area contributed by atoms with Gasteiger partial charge in [-0.1, -0.05) is 26.0 Å². The molecule has 1 aliphatic heterocycles. The summed E-state index contributed by atoms with van der Waals surface area (Å²) in [5.41, 5.74) is 6.26. The lowest BCUT2D eigenvalue weighted by molar-refractivity contribution is 0.357. The maximum atomic E-state index is 12.5. The van der Waals surface area contributed by atoms with Crippen LogP contribution in [-0.4, -0.2) is 18.1 Å². The molecule has 3 aromatic rings. The molecule has 0 aliphatic carbocycles. The minimum absolute atomic E-state index is 0.0217. The van der Waals surface area contributed by atoms with Crippen LogP contribution in [0.2, 0.25) is 0 Å². The maximum Gasteiger partial charge on any atom is 0.253 e.